The monoisotopic (exact) mass is 197 g/mol. The molecule has 1 atom stereocenters. The molecule has 0 aromatic carbocycles. The lowest BCUT2D eigenvalue weighted by molar-refractivity contribution is -0.122. The predicted octanol–water partition coefficient (Wildman–Crippen LogP) is 1.29. The fourth-order valence-electron chi connectivity index (χ4n) is 1.46. The second-order valence-electron chi connectivity index (χ2n) is 3.90. The minimum absolute atomic E-state index is 0.0846. The van der Waals surface area contributed by atoms with Crippen LogP contribution in [0.3, 0.4) is 0 Å². The van der Waals surface area contributed by atoms with Gasteiger partial charge in [0, 0.05) is 25.9 Å². The van der Waals surface area contributed by atoms with Crippen LogP contribution in [-0.4, -0.2) is 31.6 Å². The van der Waals surface area contributed by atoms with E-state index in [0.717, 1.165) is 31.7 Å². The summed E-state index contributed by atoms with van der Waals surface area (Å²) < 4.78 is 5.45. The van der Waals surface area contributed by atoms with Gasteiger partial charge in [0.25, 0.3) is 0 Å². The molecule has 0 amide bonds. The van der Waals surface area contributed by atoms with Crippen LogP contribution in [0, 0.1) is 0 Å². The molecule has 0 aromatic rings. The van der Waals surface area contributed by atoms with Crippen LogP contribution < -0.4 is 5.32 Å². The Morgan fingerprint density at radius 1 is 1.57 bits per heavy atom. The van der Waals surface area contributed by atoms with Crippen LogP contribution >= 0.6 is 0 Å². The molecule has 1 aliphatic rings. The largest absolute Gasteiger partial charge is 0.375 e. The number of carbonyl (C=O) groups excluding carboxylic acids is 1. The number of ketones is 1. The van der Waals surface area contributed by atoms with Crippen LogP contribution in [0.25, 0.3) is 0 Å². The molecule has 1 rings (SSSR count). The van der Waals surface area contributed by atoms with Gasteiger partial charge < -0.3 is 10.1 Å². The van der Waals surface area contributed by atoms with E-state index in [0.29, 0.717) is 12.8 Å². The highest BCUT2D eigenvalue weighted by atomic mass is 16.5. The third kappa shape index (κ3) is 4.53. The van der Waals surface area contributed by atoms with Gasteiger partial charge in [-0.25, -0.2) is 0 Å². The highest BCUT2D eigenvalue weighted by Gasteiger charge is 2.16. The zero-order chi connectivity index (χ0) is 10.4. The summed E-state index contributed by atoms with van der Waals surface area (Å²) in [7, 11) is 0. The lowest BCUT2D eigenvalue weighted by atomic mass is 10.1. The highest BCUT2D eigenvalue weighted by Crippen LogP contribution is 2.08. The highest BCUT2D eigenvalue weighted by molar-refractivity contribution is 5.79. The van der Waals surface area contributed by atoms with Gasteiger partial charge in [0.2, 0.25) is 0 Å². The molecule has 3 heteroatoms. The summed E-state index contributed by atoms with van der Waals surface area (Å²) in [6.45, 7) is 8.15. The van der Waals surface area contributed by atoms with Crippen molar-refractivity contribution in [2.75, 3.05) is 19.7 Å². The molecule has 3 nitrogen and oxygen atoms in total. The molecule has 0 radical (unpaired) electrons. The minimum atomic E-state index is 0.0846. The molecule has 1 heterocycles. The van der Waals surface area contributed by atoms with Gasteiger partial charge in [0.05, 0.1) is 12.7 Å². The summed E-state index contributed by atoms with van der Waals surface area (Å²) >= 11 is 0. The Bertz CT molecular complexity index is 207. The molecule has 1 N–H and O–H groups in total. The average molecular weight is 197 g/mol. The molecule has 1 aliphatic heterocycles. The first-order valence-electron chi connectivity index (χ1n) is 5.17. The van der Waals surface area contributed by atoms with Gasteiger partial charge >= 0.3 is 0 Å². The number of ether oxygens (including phenoxy) is 1. The zero-order valence-electron chi connectivity index (χ0n) is 8.84. The normalized spacial score (nSPS) is 21.9. The van der Waals surface area contributed by atoms with Crippen molar-refractivity contribution in [3.63, 3.8) is 0 Å². The van der Waals surface area contributed by atoms with E-state index in [2.05, 4.69) is 11.9 Å². The van der Waals surface area contributed by atoms with Crippen LogP contribution in [0.4, 0.5) is 0 Å². The molecule has 0 aliphatic carbocycles. The van der Waals surface area contributed by atoms with Gasteiger partial charge in [-0.1, -0.05) is 5.57 Å². The topological polar surface area (TPSA) is 38.3 Å². The Morgan fingerprint density at radius 2 is 2.36 bits per heavy atom. The Morgan fingerprint density at radius 3 is 2.93 bits per heavy atom. The molecule has 0 bridgehead atoms. The maximum Gasteiger partial charge on any atom is 0.135 e. The van der Waals surface area contributed by atoms with E-state index in [9.17, 15) is 4.79 Å². The van der Waals surface area contributed by atoms with Gasteiger partial charge in [-0.3, -0.25) is 4.79 Å². The van der Waals surface area contributed by atoms with Gasteiger partial charge in [-0.15, -0.1) is 6.58 Å². The standard InChI is InChI=1S/C11H19NO2/c1-9(2)3-4-10(13)7-11-8-12-5-6-14-11/h11-12H,1,3-8H2,2H3. The molecule has 0 spiro atoms. The third-order valence-electron chi connectivity index (χ3n) is 2.29. The molecular formula is C11H19NO2. The van der Waals surface area contributed by atoms with Crippen molar-refractivity contribution in [1.29, 1.82) is 0 Å². The lowest BCUT2D eigenvalue weighted by Crippen LogP contribution is -2.39. The van der Waals surface area contributed by atoms with Gasteiger partial charge in [-0.05, 0) is 13.3 Å². The third-order valence-corrected chi connectivity index (χ3v) is 2.29. The van der Waals surface area contributed by atoms with E-state index in [4.69, 9.17) is 4.74 Å². The number of Topliss-reactive ketones (excluding diaryl/α,β-unsaturated/α-hetero) is 1. The number of hydrogen-bond acceptors (Lipinski definition) is 3. The van der Waals surface area contributed by atoms with E-state index in [1.54, 1.807) is 0 Å². The summed E-state index contributed by atoms with van der Waals surface area (Å²) in [5.74, 6) is 0.279. The van der Waals surface area contributed by atoms with Crippen molar-refractivity contribution in [1.82, 2.24) is 5.32 Å². The number of carbonyl (C=O) groups is 1. The quantitative estimate of drug-likeness (QED) is 0.675. The Labute approximate surface area is 85.5 Å². The molecule has 0 aromatic heterocycles. The van der Waals surface area contributed by atoms with Crippen molar-refractivity contribution in [2.24, 2.45) is 0 Å². The van der Waals surface area contributed by atoms with E-state index in [1.807, 2.05) is 6.92 Å². The van der Waals surface area contributed by atoms with E-state index >= 15 is 0 Å². The number of rotatable bonds is 5. The van der Waals surface area contributed by atoms with Crippen LogP contribution in [0.1, 0.15) is 26.2 Å². The van der Waals surface area contributed by atoms with Crippen LogP contribution in [0.2, 0.25) is 0 Å². The number of nitrogens with one attached hydrogen (secondary N) is 1. The molecule has 0 saturated carbocycles. The van der Waals surface area contributed by atoms with Gasteiger partial charge in [-0.2, -0.15) is 0 Å². The Kier molecular flexibility index (Phi) is 4.84. The Hall–Kier alpha value is -0.670. The SMILES string of the molecule is C=C(C)CCC(=O)CC1CNCCO1. The minimum Gasteiger partial charge on any atom is -0.375 e. The molecule has 1 unspecified atom stereocenters. The fraction of sp³-hybridized carbons (Fsp3) is 0.727. The van der Waals surface area contributed by atoms with Crippen LogP contribution in [-0.2, 0) is 9.53 Å². The number of allylic oxidation sites excluding steroid dienone is 1. The van der Waals surface area contributed by atoms with E-state index < -0.39 is 0 Å². The summed E-state index contributed by atoms with van der Waals surface area (Å²) in [5, 5.41) is 3.21. The van der Waals surface area contributed by atoms with Gasteiger partial charge in [0.15, 0.2) is 0 Å². The van der Waals surface area contributed by atoms with Crippen LogP contribution in [0.5, 0.6) is 0 Å². The summed E-state index contributed by atoms with van der Waals surface area (Å²) in [6, 6.07) is 0. The first-order valence-corrected chi connectivity index (χ1v) is 5.17. The van der Waals surface area contributed by atoms with E-state index in [1.165, 1.54) is 0 Å². The van der Waals surface area contributed by atoms with Crippen molar-refractivity contribution in [3.05, 3.63) is 12.2 Å². The first-order chi connectivity index (χ1) is 6.68. The second kappa shape index (κ2) is 5.94. The first kappa shape index (κ1) is 11.4. The van der Waals surface area contributed by atoms with E-state index in [-0.39, 0.29) is 11.9 Å². The Balaban J connectivity index is 2.15. The summed E-state index contributed by atoms with van der Waals surface area (Å²) in [4.78, 5) is 11.5. The molecule has 1 saturated heterocycles. The van der Waals surface area contributed by atoms with Crippen molar-refractivity contribution < 1.29 is 9.53 Å². The van der Waals surface area contributed by atoms with Crippen molar-refractivity contribution >= 4 is 5.78 Å². The zero-order valence-corrected chi connectivity index (χ0v) is 8.84. The van der Waals surface area contributed by atoms with Gasteiger partial charge in [0.1, 0.15) is 5.78 Å². The maximum atomic E-state index is 11.5. The molecule has 14 heavy (non-hydrogen) atoms. The lowest BCUT2D eigenvalue weighted by Gasteiger charge is -2.22. The number of morpholine rings is 1. The van der Waals surface area contributed by atoms with Crippen LogP contribution in [0.15, 0.2) is 12.2 Å². The molecular weight excluding hydrogens is 178 g/mol. The second-order valence-corrected chi connectivity index (χ2v) is 3.90. The summed E-state index contributed by atoms with van der Waals surface area (Å²) in [6.07, 6.45) is 2.04. The smallest absolute Gasteiger partial charge is 0.135 e. The number of hydrogen-bond donors (Lipinski definition) is 1. The van der Waals surface area contributed by atoms with Crippen molar-refractivity contribution in [2.45, 2.75) is 32.3 Å². The van der Waals surface area contributed by atoms with Crippen molar-refractivity contribution in [3.8, 4) is 0 Å². The maximum absolute atomic E-state index is 11.5. The summed E-state index contributed by atoms with van der Waals surface area (Å²) in [5.41, 5.74) is 1.07. The predicted molar refractivity (Wildman–Crippen MR) is 56.3 cm³/mol. The molecule has 1 fully saturated rings. The average Bonchev–Trinajstić information content (AvgIpc) is 2.16. The molecule has 80 valence electrons. The fourth-order valence-corrected chi connectivity index (χ4v) is 1.46.